The van der Waals surface area contributed by atoms with Crippen molar-refractivity contribution in [1.29, 1.82) is 5.41 Å². The van der Waals surface area contributed by atoms with Crippen LogP contribution in [0.5, 0.6) is 0 Å². The zero-order valence-electron chi connectivity index (χ0n) is 21.7. The molecule has 1 amide bonds. The van der Waals surface area contributed by atoms with Crippen molar-refractivity contribution in [2.45, 2.75) is 103 Å². The molecule has 0 saturated heterocycles. The molecule has 10 heteroatoms. The Morgan fingerprint density at radius 2 is 1.84 bits per heavy atom. The summed E-state index contributed by atoms with van der Waals surface area (Å²) < 4.78 is 77.0. The van der Waals surface area contributed by atoms with Gasteiger partial charge in [-0.2, -0.15) is 13.2 Å². The molecule has 210 valence electrons. The lowest BCUT2D eigenvalue weighted by Gasteiger charge is -2.43. The summed E-state index contributed by atoms with van der Waals surface area (Å²) in [6.07, 6.45) is 0.143. The van der Waals surface area contributed by atoms with E-state index in [2.05, 4.69) is 5.32 Å². The van der Waals surface area contributed by atoms with Crippen molar-refractivity contribution in [3.63, 3.8) is 0 Å². The van der Waals surface area contributed by atoms with E-state index in [-0.39, 0.29) is 48.6 Å². The largest absolute Gasteiger partial charge is 0.432 e. The van der Waals surface area contributed by atoms with Crippen LogP contribution in [-0.4, -0.2) is 35.0 Å². The maximum absolute atomic E-state index is 14.1. The molecule has 0 radical (unpaired) electrons. The van der Waals surface area contributed by atoms with Crippen molar-refractivity contribution in [3.8, 4) is 0 Å². The third kappa shape index (κ3) is 6.77. The lowest BCUT2D eigenvalue weighted by Crippen LogP contribution is -2.54. The van der Waals surface area contributed by atoms with E-state index in [1.54, 1.807) is 17.7 Å². The number of nitrogens with zero attached hydrogens (tertiary/aromatic N) is 1. The molecule has 2 N–H and O–H groups in total. The Labute approximate surface area is 215 Å². The summed E-state index contributed by atoms with van der Waals surface area (Å²) in [5, 5.41) is 10.3. The molecule has 0 spiro atoms. The maximum Gasteiger partial charge on any atom is 0.408 e. The van der Waals surface area contributed by atoms with Gasteiger partial charge in [-0.3, -0.25) is 14.8 Å². The Hall–Kier alpha value is -1.87. The van der Waals surface area contributed by atoms with Crippen LogP contribution in [-0.2, 0) is 11.3 Å². The summed E-state index contributed by atoms with van der Waals surface area (Å²) in [4.78, 5) is 13.4. The Morgan fingerprint density at radius 3 is 2.46 bits per heavy atom. The molecule has 5 nitrogen and oxygen atoms in total. The van der Waals surface area contributed by atoms with Crippen LogP contribution < -0.4 is 11.0 Å². The normalized spacial score (nSPS) is 38.2. The molecule has 1 heterocycles. The minimum absolute atomic E-state index is 0.0100. The zero-order chi connectivity index (χ0) is 26.9. The van der Waals surface area contributed by atoms with Crippen LogP contribution in [0.2, 0.25) is 0 Å². The first-order valence-corrected chi connectivity index (χ1v) is 13.8. The topological polar surface area (TPSA) is 71.0 Å². The van der Waals surface area contributed by atoms with E-state index in [4.69, 9.17) is 9.83 Å². The SMILES string of the molecule is CC1CC([C@H](NC(=O)C2CC(Cn3ccoc3=N)CC(C3CCC(F)CC3C)C2)C(F)(F)F)CCC1F. The number of halogens is 5. The Balaban J connectivity index is 1.51. The molecule has 3 fully saturated rings. The molecule has 3 aliphatic rings. The lowest BCUT2D eigenvalue weighted by atomic mass is 9.63. The minimum Gasteiger partial charge on any atom is -0.432 e. The standard InChI is InChI=1S/C27H40F5N3O2/c1-15-10-21(28)4-5-22(15)19-11-17(14-35-7-8-37-26(35)33)12-20(13-19)25(36)34-24(27(30,31)32)18-3-6-23(29)16(2)9-18/h7-8,15-24,33H,3-6,9-14H2,1-2H3,(H,34,36)/t15?,16?,17?,18?,19?,20?,21?,22?,23?,24-/m0/s1. The van der Waals surface area contributed by atoms with Gasteiger partial charge in [-0.05, 0) is 93.3 Å². The Bertz CT molecular complexity index is 962. The first-order valence-electron chi connectivity index (χ1n) is 13.8. The lowest BCUT2D eigenvalue weighted by molar-refractivity contribution is -0.178. The number of amides is 1. The van der Waals surface area contributed by atoms with Gasteiger partial charge in [-0.1, -0.05) is 13.8 Å². The number of hydrogen-bond donors (Lipinski definition) is 2. The van der Waals surface area contributed by atoms with Gasteiger partial charge in [0.2, 0.25) is 5.91 Å². The fraction of sp³-hybridized carbons (Fsp3) is 0.852. The summed E-state index contributed by atoms with van der Waals surface area (Å²) in [5.41, 5.74) is -0.0100. The van der Waals surface area contributed by atoms with Crippen LogP contribution in [0, 0.1) is 46.8 Å². The van der Waals surface area contributed by atoms with Crippen LogP contribution in [0.3, 0.4) is 0 Å². The number of aromatic nitrogens is 1. The van der Waals surface area contributed by atoms with Crippen LogP contribution in [0.1, 0.15) is 71.6 Å². The van der Waals surface area contributed by atoms with Crippen LogP contribution in [0.15, 0.2) is 16.9 Å². The molecule has 3 saturated carbocycles. The van der Waals surface area contributed by atoms with Crippen LogP contribution in [0.4, 0.5) is 22.0 Å². The quantitative estimate of drug-likeness (QED) is 0.428. The van der Waals surface area contributed by atoms with E-state index in [0.717, 1.165) is 6.42 Å². The minimum atomic E-state index is -4.61. The molecule has 9 unspecified atom stereocenters. The van der Waals surface area contributed by atoms with Gasteiger partial charge in [-0.25, -0.2) is 8.78 Å². The van der Waals surface area contributed by atoms with Gasteiger partial charge >= 0.3 is 6.18 Å². The van der Waals surface area contributed by atoms with Gasteiger partial charge in [0, 0.05) is 18.7 Å². The predicted molar refractivity (Wildman–Crippen MR) is 128 cm³/mol. The molecule has 1 aromatic heterocycles. The van der Waals surface area contributed by atoms with E-state index in [1.807, 2.05) is 6.92 Å². The number of nitrogens with one attached hydrogen (secondary N) is 2. The molecule has 1 aromatic rings. The van der Waals surface area contributed by atoms with Gasteiger partial charge in [0.15, 0.2) is 0 Å². The van der Waals surface area contributed by atoms with Gasteiger partial charge in [0.25, 0.3) is 5.68 Å². The highest BCUT2D eigenvalue weighted by Crippen LogP contribution is 2.46. The van der Waals surface area contributed by atoms with E-state index < -0.39 is 48.2 Å². The molecule has 3 aliphatic carbocycles. The van der Waals surface area contributed by atoms with Crippen molar-refractivity contribution >= 4 is 5.91 Å². The third-order valence-corrected chi connectivity index (χ3v) is 9.35. The third-order valence-electron chi connectivity index (χ3n) is 9.35. The molecule has 0 aliphatic heterocycles. The Morgan fingerprint density at radius 1 is 1.08 bits per heavy atom. The number of rotatable bonds is 6. The summed E-state index contributed by atoms with van der Waals surface area (Å²) >= 11 is 0. The van der Waals surface area contributed by atoms with Gasteiger partial charge in [-0.15, -0.1) is 0 Å². The average molecular weight is 534 g/mol. The molecular weight excluding hydrogens is 493 g/mol. The zero-order valence-corrected chi connectivity index (χ0v) is 21.7. The molecule has 0 aromatic carbocycles. The van der Waals surface area contributed by atoms with E-state index >= 15 is 0 Å². The number of carbonyl (C=O) groups is 1. The fourth-order valence-electron chi connectivity index (χ4n) is 7.42. The predicted octanol–water partition coefficient (Wildman–Crippen LogP) is 6.19. The first-order chi connectivity index (χ1) is 17.4. The van der Waals surface area contributed by atoms with Crippen molar-refractivity contribution in [2.24, 2.45) is 41.4 Å². The summed E-state index contributed by atoms with van der Waals surface area (Å²) in [5.74, 6) is -2.05. The highest BCUT2D eigenvalue weighted by Gasteiger charge is 2.49. The average Bonchev–Trinajstić information content (AvgIpc) is 3.22. The number of oxazole rings is 1. The highest BCUT2D eigenvalue weighted by atomic mass is 19.4. The van der Waals surface area contributed by atoms with Crippen LogP contribution in [0.25, 0.3) is 0 Å². The monoisotopic (exact) mass is 533 g/mol. The van der Waals surface area contributed by atoms with E-state index in [1.165, 1.54) is 6.26 Å². The van der Waals surface area contributed by atoms with Gasteiger partial charge in [0.1, 0.15) is 24.6 Å². The summed E-state index contributed by atoms with van der Waals surface area (Å²) in [6.45, 7) is 4.11. The summed E-state index contributed by atoms with van der Waals surface area (Å²) in [6, 6.07) is -1.99. The highest BCUT2D eigenvalue weighted by molar-refractivity contribution is 5.79. The first kappa shape index (κ1) is 28.1. The number of alkyl halides is 5. The molecule has 10 atom stereocenters. The Kier molecular flexibility index (Phi) is 8.73. The molecular formula is C27H40F5N3O2. The van der Waals surface area contributed by atoms with Gasteiger partial charge < -0.3 is 9.73 Å². The van der Waals surface area contributed by atoms with Crippen molar-refractivity contribution < 1.29 is 31.2 Å². The van der Waals surface area contributed by atoms with Crippen LogP contribution >= 0.6 is 0 Å². The van der Waals surface area contributed by atoms with Crippen molar-refractivity contribution in [3.05, 3.63) is 18.1 Å². The van der Waals surface area contributed by atoms with E-state index in [0.29, 0.717) is 38.6 Å². The molecule has 37 heavy (non-hydrogen) atoms. The second-order valence-corrected chi connectivity index (χ2v) is 12.0. The number of carbonyl (C=O) groups excluding carboxylic acids is 1. The molecule has 4 rings (SSSR count). The summed E-state index contributed by atoms with van der Waals surface area (Å²) in [7, 11) is 0. The number of hydrogen-bond acceptors (Lipinski definition) is 3. The van der Waals surface area contributed by atoms with Crippen molar-refractivity contribution in [1.82, 2.24) is 9.88 Å². The molecule has 0 bridgehead atoms. The van der Waals surface area contributed by atoms with Crippen molar-refractivity contribution in [2.75, 3.05) is 0 Å². The smallest absolute Gasteiger partial charge is 0.408 e. The second-order valence-electron chi connectivity index (χ2n) is 12.0. The van der Waals surface area contributed by atoms with Gasteiger partial charge in [0.05, 0.1) is 0 Å². The fourth-order valence-corrected chi connectivity index (χ4v) is 7.42. The van der Waals surface area contributed by atoms with E-state index in [9.17, 15) is 26.7 Å². The maximum atomic E-state index is 14.1. The second kappa shape index (κ2) is 11.5.